The summed E-state index contributed by atoms with van der Waals surface area (Å²) in [4.78, 5) is 16.1. The van der Waals surface area contributed by atoms with Crippen molar-refractivity contribution in [1.82, 2.24) is 4.98 Å². The molecule has 0 saturated carbocycles. The highest BCUT2D eigenvalue weighted by molar-refractivity contribution is 6.00. The molecule has 0 radical (unpaired) electrons. The van der Waals surface area contributed by atoms with Gasteiger partial charge in [-0.3, -0.25) is 4.98 Å². The molecule has 2 amide bonds. The Balaban J connectivity index is 1.74. The molecule has 3 rings (SSSR count). The van der Waals surface area contributed by atoms with Crippen molar-refractivity contribution in [3.05, 3.63) is 66.9 Å². The molecule has 20 heavy (non-hydrogen) atoms. The van der Waals surface area contributed by atoms with E-state index in [1.807, 2.05) is 60.7 Å². The van der Waals surface area contributed by atoms with Crippen LogP contribution in [-0.2, 0) is 0 Å². The average Bonchev–Trinajstić information content (AvgIpc) is 2.48. The number of amides is 2. The smallest absolute Gasteiger partial charge is 0.308 e. The fraction of sp³-hybridized carbons (Fsp3) is 0. The van der Waals surface area contributed by atoms with Crippen LogP contribution in [0.4, 0.5) is 16.2 Å². The number of urea groups is 1. The minimum atomic E-state index is -0.264. The molecule has 2 aromatic carbocycles. The van der Waals surface area contributed by atoms with E-state index in [-0.39, 0.29) is 6.03 Å². The predicted molar refractivity (Wildman–Crippen MR) is 80.8 cm³/mol. The fourth-order valence-electron chi connectivity index (χ4n) is 1.97. The van der Waals surface area contributed by atoms with Crippen molar-refractivity contribution in [2.75, 3.05) is 10.6 Å². The van der Waals surface area contributed by atoms with E-state index in [0.717, 1.165) is 22.3 Å². The number of hydrogen-bond donors (Lipinski definition) is 2. The van der Waals surface area contributed by atoms with Gasteiger partial charge in [0.15, 0.2) is 0 Å². The molecule has 1 aromatic heterocycles. The molecular formula is C16H13N3O. The highest BCUT2D eigenvalue weighted by Crippen LogP contribution is 2.17. The number of carbonyl (C=O) groups excluding carboxylic acids is 1. The molecule has 4 nitrogen and oxygen atoms in total. The van der Waals surface area contributed by atoms with E-state index < -0.39 is 0 Å². The first-order chi connectivity index (χ1) is 9.81. The maximum absolute atomic E-state index is 11.9. The van der Waals surface area contributed by atoms with Crippen LogP contribution >= 0.6 is 0 Å². The number of nitrogens with one attached hydrogen (secondary N) is 2. The average molecular weight is 263 g/mol. The second-order valence-electron chi connectivity index (χ2n) is 4.36. The van der Waals surface area contributed by atoms with Crippen LogP contribution in [0.2, 0.25) is 0 Å². The number of hydrogen-bond acceptors (Lipinski definition) is 2. The number of nitrogens with zero attached hydrogens (tertiary/aromatic N) is 1. The van der Waals surface area contributed by atoms with Gasteiger partial charge in [-0.2, -0.15) is 0 Å². The first kappa shape index (κ1) is 12.2. The summed E-state index contributed by atoms with van der Waals surface area (Å²) in [5.41, 5.74) is 2.40. The number of carbonyl (C=O) groups is 1. The molecule has 3 aromatic rings. The van der Waals surface area contributed by atoms with Crippen LogP contribution in [-0.4, -0.2) is 11.0 Å². The third kappa shape index (κ3) is 2.75. The monoisotopic (exact) mass is 263 g/mol. The Hall–Kier alpha value is -2.88. The third-order valence-corrected chi connectivity index (χ3v) is 2.89. The zero-order valence-corrected chi connectivity index (χ0v) is 10.7. The van der Waals surface area contributed by atoms with Crippen molar-refractivity contribution >= 4 is 28.3 Å². The minimum Gasteiger partial charge on any atom is -0.308 e. The number of pyridine rings is 1. The number of aromatic nitrogens is 1. The topological polar surface area (TPSA) is 54.0 Å². The zero-order chi connectivity index (χ0) is 13.8. The quantitative estimate of drug-likeness (QED) is 0.737. The summed E-state index contributed by atoms with van der Waals surface area (Å²) in [6, 6.07) is 18.5. The molecule has 0 fully saturated rings. The van der Waals surface area contributed by atoms with Crippen LogP contribution in [0.5, 0.6) is 0 Å². The molecule has 0 bridgehead atoms. The lowest BCUT2D eigenvalue weighted by Gasteiger charge is -2.08. The summed E-state index contributed by atoms with van der Waals surface area (Å²) in [5.74, 6) is 0. The summed E-state index contributed by atoms with van der Waals surface area (Å²) >= 11 is 0. The van der Waals surface area contributed by atoms with E-state index in [1.165, 1.54) is 0 Å². The zero-order valence-electron chi connectivity index (χ0n) is 10.7. The highest BCUT2D eigenvalue weighted by Gasteiger charge is 2.03. The normalized spacial score (nSPS) is 10.2. The number of para-hydroxylation sites is 1. The molecule has 1 heterocycles. The SMILES string of the molecule is O=C(Nc1ccccc1)Nc1ccc2ncccc2c1. The van der Waals surface area contributed by atoms with Gasteiger partial charge in [-0.05, 0) is 36.4 Å². The fourth-order valence-corrected chi connectivity index (χ4v) is 1.97. The van der Waals surface area contributed by atoms with Gasteiger partial charge in [-0.25, -0.2) is 4.79 Å². The molecule has 0 aliphatic heterocycles. The Morgan fingerprint density at radius 1 is 0.850 bits per heavy atom. The van der Waals surface area contributed by atoms with Crippen molar-refractivity contribution in [2.45, 2.75) is 0 Å². The van der Waals surface area contributed by atoms with Crippen molar-refractivity contribution < 1.29 is 4.79 Å². The predicted octanol–water partition coefficient (Wildman–Crippen LogP) is 3.88. The van der Waals surface area contributed by atoms with E-state index in [2.05, 4.69) is 15.6 Å². The van der Waals surface area contributed by atoms with Crippen molar-refractivity contribution in [3.8, 4) is 0 Å². The molecular weight excluding hydrogens is 250 g/mol. The van der Waals surface area contributed by atoms with Crippen molar-refractivity contribution in [2.24, 2.45) is 0 Å². The third-order valence-electron chi connectivity index (χ3n) is 2.89. The van der Waals surface area contributed by atoms with Gasteiger partial charge in [0.05, 0.1) is 5.52 Å². The van der Waals surface area contributed by atoms with Gasteiger partial charge in [0.2, 0.25) is 0 Å². The first-order valence-corrected chi connectivity index (χ1v) is 6.29. The molecule has 98 valence electrons. The summed E-state index contributed by atoms with van der Waals surface area (Å²) in [6.07, 6.45) is 1.75. The standard InChI is InChI=1S/C16H13N3O/c20-16(18-13-6-2-1-3-7-13)19-14-8-9-15-12(11-14)5-4-10-17-15/h1-11H,(H2,18,19,20). The van der Waals surface area contributed by atoms with Gasteiger partial charge in [0, 0.05) is 23.0 Å². The lowest BCUT2D eigenvalue weighted by atomic mass is 10.2. The van der Waals surface area contributed by atoms with Gasteiger partial charge in [0.25, 0.3) is 0 Å². The molecule has 0 spiro atoms. The maximum atomic E-state index is 11.9. The van der Waals surface area contributed by atoms with Crippen molar-refractivity contribution in [1.29, 1.82) is 0 Å². The van der Waals surface area contributed by atoms with Gasteiger partial charge in [-0.1, -0.05) is 24.3 Å². The van der Waals surface area contributed by atoms with Crippen LogP contribution in [0.15, 0.2) is 66.9 Å². The van der Waals surface area contributed by atoms with Crippen LogP contribution in [0.1, 0.15) is 0 Å². The molecule has 2 N–H and O–H groups in total. The second kappa shape index (κ2) is 5.40. The Morgan fingerprint density at radius 2 is 1.65 bits per heavy atom. The summed E-state index contributed by atoms with van der Waals surface area (Å²) in [6.45, 7) is 0. The first-order valence-electron chi connectivity index (χ1n) is 6.29. The van der Waals surface area contributed by atoms with E-state index >= 15 is 0 Å². The number of fused-ring (bicyclic) bond motifs is 1. The largest absolute Gasteiger partial charge is 0.323 e. The van der Waals surface area contributed by atoms with Crippen LogP contribution in [0.25, 0.3) is 10.9 Å². The second-order valence-corrected chi connectivity index (χ2v) is 4.36. The maximum Gasteiger partial charge on any atom is 0.323 e. The Labute approximate surface area is 116 Å². The summed E-state index contributed by atoms with van der Waals surface area (Å²) in [5, 5.41) is 6.57. The molecule has 4 heteroatoms. The Bertz CT molecular complexity index is 741. The van der Waals surface area contributed by atoms with Gasteiger partial charge in [0.1, 0.15) is 0 Å². The van der Waals surface area contributed by atoms with Crippen LogP contribution < -0.4 is 10.6 Å². The lowest BCUT2D eigenvalue weighted by molar-refractivity contribution is 0.262. The molecule has 0 saturated heterocycles. The van der Waals surface area contributed by atoms with Gasteiger partial charge in [-0.15, -0.1) is 0 Å². The Kier molecular flexibility index (Phi) is 3.29. The Morgan fingerprint density at radius 3 is 2.50 bits per heavy atom. The van der Waals surface area contributed by atoms with E-state index in [1.54, 1.807) is 6.20 Å². The molecule has 0 aliphatic rings. The number of benzene rings is 2. The number of anilines is 2. The lowest BCUT2D eigenvalue weighted by Crippen LogP contribution is -2.19. The molecule has 0 atom stereocenters. The van der Waals surface area contributed by atoms with Crippen LogP contribution in [0, 0.1) is 0 Å². The van der Waals surface area contributed by atoms with Gasteiger partial charge < -0.3 is 10.6 Å². The number of rotatable bonds is 2. The minimum absolute atomic E-state index is 0.264. The summed E-state index contributed by atoms with van der Waals surface area (Å²) < 4.78 is 0. The van der Waals surface area contributed by atoms with Crippen LogP contribution in [0.3, 0.4) is 0 Å². The van der Waals surface area contributed by atoms with Gasteiger partial charge >= 0.3 is 6.03 Å². The van der Waals surface area contributed by atoms with E-state index in [4.69, 9.17) is 0 Å². The highest BCUT2D eigenvalue weighted by atomic mass is 16.2. The molecule has 0 unspecified atom stereocenters. The molecule has 0 aliphatic carbocycles. The summed E-state index contributed by atoms with van der Waals surface area (Å²) in [7, 11) is 0. The van der Waals surface area contributed by atoms with E-state index in [0.29, 0.717) is 0 Å². The van der Waals surface area contributed by atoms with E-state index in [9.17, 15) is 4.79 Å². The van der Waals surface area contributed by atoms with Crippen molar-refractivity contribution in [3.63, 3.8) is 0 Å².